The van der Waals surface area contributed by atoms with Crippen molar-refractivity contribution in [1.29, 1.82) is 0 Å². The molecule has 0 saturated heterocycles. The third-order valence-corrected chi connectivity index (χ3v) is 18.8. The van der Waals surface area contributed by atoms with E-state index >= 15 is 0 Å². The molecule has 458 valence electrons. The minimum Gasteiger partial charge on any atom is -0.354 e. The maximum atomic E-state index is 5.98. The second-order valence-corrected chi connectivity index (χ2v) is 24.7. The number of aromatic amines is 1. The lowest BCUT2D eigenvalue weighted by Gasteiger charge is -2.11. The number of aromatic nitrogens is 8. The van der Waals surface area contributed by atoms with Crippen molar-refractivity contribution in [2.24, 2.45) is 0 Å². The van der Waals surface area contributed by atoms with Gasteiger partial charge in [0.25, 0.3) is 0 Å². The number of fused-ring (bicyclic) bond motifs is 14. The summed E-state index contributed by atoms with van der Waals surface area (Å²) < 4.78 is 7.14. The van der Waals surface area contributed by atoms with Crippen LogP contribution in [0.2, 0.25) is 5.02 Å². The van der Waals surface area contributed by atoms with Crippen LogP contribution >= 0.6 is 11.6 Å². The Kier molecular flexibility index (Phi) is 14.1. The highest BCUT2D eigenvalue weighted by molar-refractivity contribution is 6.30. The smallest absolute Gasteiger partial charge is 0.160 e. The summed E-state index contributed by atoms with van der Waals surface area (Å²) in [5.41, 5.74) is 21.0. The maximum absolute atomic E-state index is 5.98. The van der Waals surface area contributed by atoms with Gasteiger partial charge in [-0.25, -0.2) is 19.9 Å². The molecule has 97 heavy (non-hydrogen) atoms. The Balaban J connectivity index is 0.000000121. The third kappa shape index (κ3) is 10.1. The summed E-state index contributed by atoms with van der Waals surface area (Å²) in [5, 5.41) is 12.9. The van der Waals surface area contributed by atoms with Crippen molar-refractivity contribution in [2.45, 2.75) is 0 Å². The Labute approximate surface area is 564 Å². The molecule has 0 aliphatic carbocycles. The van der Waals surface area contributed by atoms with E-state index in [4.69, 9.17) is 31.5 Å². The fourth-order valence-corrected chi connectivity index (χ4v) is 14.3. The van der Waals surface area contributed by atoms with E-state index in [9.17, 15) is 0 Å². The average molecular weight is 1260 g/mol. The molecule has 1 N–H and O–H groups in total. The van der Waals surface area contributed by atoms with Crippen molar-refractivity contribution in [3.8, 4) is 62.4 Å². The van der Waals surface area contributed by atoms with Crippen LogP contribution in [0.4, 0.5) is 0 Å². The zero-order valence-corrected chi connectivity index (χ0v) is 53.1. The largest absolute Gasteiger partial charge is 0.354 e. The Bertz CT molecular complexity index is 6370. The average Bonchev–Trinajstić information content (AvgIpc) is 1.56. The zero-order chi connectivity index (χ0) is 64.3. The number of halogens is 1. The molecule has 0 saturated carbocycles. The van der Waals surface area contributed by atoms with Gasteiger partial charge in [-0.05, 0) is 133 Å². The summed E-state index contributed by atoms with van der Waals surface area (Å²) >= 11 is 5.98. The normalized spacial score (nSPS) is 11.6. The summed E-state index contributed by atoms with van der Waals surface area (Å²) in [6.45, 7) is 0. The molecule has 0 unspecified atom stereocenters. The van der Waals surface area contributed by atoms with Crippen LogP contribution in [0.15, 0.2) is 340 Å². The van der Waals surface area contributed by atoms with E-state index in [1.807, 2.05) is 78.9 Å². The van der Waals surface area contributed by atoms with Gasteiger partial charge in [-0.2, -0.15) is 0 Å². The first-order valence-electron chi connectivity index (χ1n) is 32.5. The fourth-order valence-electron chi connectivity index (χ4n) is 14.1. The van der Waals surface area contributed by atoms with Crippen LogP contribution in [-0.4, -0.2) is 38.6 Å². The number of rotatable bonds is 7. The van der Waals surface area contributed by atoms with E-state index in [0.717, 1.165) is 72.6 Å². The van der Waals surface area contributed by atoms with Gasteiger partial charge in [-0.15, -0.1) is 0 Å². The molecule has 0 fully saturated rings. The molecule has 9 heteroatoms. The minimum atomic E-state index is 0. The van der Waals surface area contributed by atoms with Crippen molar-refractivity contribution in [3.63, 3.8) is 0 Å². The lowest BCUT2D eigenvalue weighted by Crippen LogP contribution is -1.97. The molecule has 14 aromatic carbocycles. The predicted molar refractivity (Wildman–Crippen MR) is 407 cm³/mol. The second kappa shape index (κ2) is 24.0. The van der Waals surface area contributed by atoms with Crippen LogP contribution in [0.5, 0.6) is 0 Å². The lowest BCUT2D eigenvalue weighted by atomic mass is 10.1. The number of benzene rings is 14. The molecular formula is C88H59ClN8. The SMILES string of the molecule is Clc1ccc(-c2nc(-c3ccccc3)c3ccccc3n2)cc1.[HH].c1ccc(-c2nc(-c3ccc(-n4c5ccccc5c5cc6c(cc54)c4ccccc4n6-c4ccccc4)cc3)nc3ccccc23)cc1.c1ccc(-n2c3ccccc3c3cc4[nH]c5ccccc5c4cc32)cc1. The molecule has 0 spiro atoms. The number of para-hydroxylation sites is 8. The highest BCUT2D eigenvalue weighted by atomic mass is 35.5. The van der Waals surface area contributed by atoms with Crippen LogP contribution < -0.4 is 0 Å². The number of H-pyrrole nitrogens is 1. The molecule has 6 aromatic heterocycles. The third-order valence-electron chi connectivity index (χ3n) is 18.6. The van der Waals surface area contributed by atoms with Crippen LogP contribution in [0.3, 0.4) is 0 Å². The van der Waals surface area contributed by atoms with Gasteiger partial charge in [0.05, 0.1) is 55.5 Å². The quantitative estimate of drug-likeness (QED) is 0.172. The van der Waals surface area contributed by atoms with Crippen molar-refractivity contribution in [3.05, 3.63) is 345 Å². The molecule has 6 heterocycles. The van der Waals surface area contributed by atoms with Gasteiger partial charge < -0.3 is 18.7 Å². The minimum absolute atomic E-state index is 0. The van der Waals surface area contributed by atoms with Crippen LogP contribution in [-0.2, 0) is 0 Å². The molecule has 20 rings (SSSR count). The number of nitrogens with zero attached hydrogens (tertiary/aromatic N) is 7. The van der Waals surface area contributed by atoms with Crippen LogP contribution in [0, 0.1) is 0 Å². The van der Waals surface area contributed by atoms with Crippen LogP contribution in [0.1, 0.15) is 1.43 Å². The zero-order valence-electron chi connectivity index (χ0n) is 52.3. The van der Waals surface area contributed by atoms with E-state index in [-0.39, 0.29) is 1.43 Å². The van der Waals surface area contributed by atoms with Gasteiger partial charge in [0.1, 0.15) is 0 Å². The lowest BCUT2D eigenvalue weighted by molar-refractivity contribution is 1.17. The molecule has 0 atom stereocenters. The van der Waals surface area contributed by atoms with E-state index in [2.05, 4.69) is 280 Å². The van der Waals surface area contributed by atoms with E-state index in [0.29, 0.717) is 10.8 Å². The van der Waals surface area contributed by atoms with Crippen molar-refractivity contribution < 1.29 is 1.43 Å². The second-order valence-electron chi connectivity index (χ2n) is 24.3. The molecule has 0 aliphatic heterocycles. The van der Waals surface area contributed by atoms with Crippen molar-refractivity contribution in [2.75, 3.05) is 0 Å². The molecule has 0 radical (unpaired) electrons. The highest BCUT2D eigenvalue weighted by Gasteiger charge is 2.21. The van der Waals surface area contributed by atoms with Crippen molar-refractivity contribution >= 4 is 121 Å². The van der Waals surface area contributed by atoms with Gasteiger partial charge in [0.15, 0.2) is 11.6 Å². The molecule has 0 amide bonds. The highest BCUT2D eigenvalue weighted by Crippen LogP contribution is 2.42. The number of nitrogens with one attached hydrogen (secondary N) is 1. The summed E-state index contributed by atoms with van der Waals surface area (Å²) in [4.78, 5) is 23.2. The number of hydrogen-bond donors (Lipinski definition) is 1. The van der Waals surface area contributed by atoms with Gasteiger partial charge in [-0.3, -0.25) is 0 Å². The predicted octanol–water partition coefficient (Wildman–Crippen LogP) is 23.4. The summed E-state index contributed by atoms with van der Waals surface area (Å²) in [7, 11) is 0. The van der Waals surface area contributed by atoms with Crippen molar-refractivity contribution in [1.82, 2.24) is 38.6 Å². The standard InChI is InChI=1S/C44H28N4.C24H16N2.C20H13ClN2.H2/c1-3-13-29(14-4-1)43-35-19-7-10-20-38(35)45-44(46-43)30-23-25-32(26-24-30)48-40-22-12-9-18-34(40)37-27-41-36(28-42(37)48)33-17-8-11-21-39(33)47(41)31-15-5-2-6-16-31;1-2-8-16(9-3-1)26-23-13-7-5-11-18(23)20-14-22-19(15-24(20)26)17-10-4-6-12-21(17)25-22;21-16-12-10-15(11-13-16)20-22-18-9-5-4-8-17(18)19(23-20)14-6-2-1-3-7-14;/h1-28H;1-15,25H;1-13H;1H. The molecule has 8 nitrogen and oxygen atoms in total. The monoisotopic (exact) mass is 1260 g/mol. The van der Waals surface area contributed by atoms with Gasteiger partial charge in [-0.1, -0.05) is 218 Å². The van der Waals surface area contributed by atoms with Gasteiger partial charge in [0.2, 0.25) is 0 Å². The molecule has 20 aromatic rings. The van der Waals surface area contributed by atoms with E-state index in [1.165, 1.54) is 92.9 Å². The molecule has 0 aliphatic rings. The summed E-state index contributed by atoms with van der Waals surface area (Å²) in [5.74, 6) is 1.43. The van der Waals surface area contributed by atoms with E-state index < -0.39 is 0 Å². The van der Waals surface area contributed by atoms with E-state index in [1.54, 1.807) is 0 Å². The maximum Gasteiger partial charge on any atom is 0.160 e. The Hall–Kier alpha value is -12.8. The Morgan fingerprint density at radius 2 is 0.577 bits per heavy atom. The van der Waals surface area contributed by atoms with Gasteiger partial charge in [0, 0.05) is 111 Å². The number of hydrogen-bond acceptors (Lipinski definition) is 4. The Morgan fingerprint density at radius 1 is 0.237 bits per heavy atom. The first-order chi connectivity index (χ1) is 48.0. The summed E-state index contributed by atoms with van der Waals surface area (Å²) in [6, 6.07) is 118. The fraction of sp³-hybridized carbons (Fsp3) is 0. The summed E-state index contributed by atoms with van der Waals surface area (Å²) in [6.07, 6.45) is 0. The molecular weight excluding hydrogens is 1200 g/mol. The first kappa shape index (κ1) is 57.0. The first-order valence-corrected chi connectivity index (χ1v) is 32.9. The van der Waals surface area contributed by atoms with Crippen LogP contribution in [0.25, 0.3) is 171 Å². The van der Waals surface area contributed by atoms with Gasteiger partial charge >= 0.3 is 0 Å². The Morgan fingerprint density at radius 3 is 1.03 bits per heavy atom. The molecule has 0 bridgehead atoms. The topological polar surface area (TPSA) is 82.1 Å².